The van der Waals surface area contributed by atoms with Gasteiger partial charge in [-0.1, -0.05) is 126 Å². The predicted octanol–water partition coefficient (Wildman–Crippen LogP) is 12.5. The molecule has 0 spiro atoms. The molecule has 8 aromatic rings. The average Bonchev–Trinajstić information content (AvgIpc) is 3.56. The molecule has 10 rings (SSSR count). The zero-order chi connectivity index (χ0) is 38.7. The molecule has 0 bridgehead atoms. The molecule has 2 aliphatic rings. The van der Waals surface area contributed by atoms with Gasteiger partial charge in [0.1, 0.15) is 11.2 Å². The summed E-state index contributed by atoms with van der Waals surface area (Å²) in [6.07, 6.45) is 0. The molecule has 0 radical (unpaired) electrons. The molecule has 3 nitrogen and oxygen atoms in total. The number of hydrogen-bond donors (Lipinski definition) is 0. The highest BCUT2D eigenvalue weighted by Gasteiger charge is 2.44. The lowest BCUT2D eigenvalue weighted by molar-refractivity contribution is 0.590. The molecule has 7 aromatic carbocycles. The molecule has 3 heterocycles. The highest BCUT2D eigenvalue weighted by atomic mass is 16.3. The molecule has 0 saturated carbocycles. The molecule has 4 heteroatoms. The Morgan fingerprint density at radius 2 is 1.02 bits per heavy atom. The van der Waals surface area contributed by atoms with E-state index in [-0.39, 0.29) is 17.5 Å². The molecule has 0 fully saturated rings. The van der Waals surface area contributed by atoms with Gasteiger partial charge in [-0.15, -0.1) is 0 Å². The van der Waals surface area contributed by atoms with Crippen molar-refractivity contribution in [2.24, 2.45) is 0 Å². The molecular formula is C52H47BN2O. The summed E-state index contributed by atoms with van der Waals surface area (Å²) in [5.41, 5.74) is 20.6. The summed E-state index contributed by atoms with van der Waals surface area (Å²) in [6.45, 7) is 18.4. The van der Waals surface area contributed by atoms with Crippen LogP contribution in [0.4, 0.5) is 34.1 Å². The molecule has 0 N–H and O–H groups in total. The van der Waals surface area contributed by atoms with Gasteiger partial charge in [0, 0.05) is 50.5 Å². The monoisotopic (exact) mass is 726 g/mol. The quantitative estimate of drug-likeness (QED) is 0.169. The Kier molecular flexibility index (Phi) is 7.55. The van der Waals surface area contributed by atoms with Gasteiger partial charge in [-0.25, -0.2) is 0 Å². The van der Waals surface area contributed by atoms with Crippen LogP contribution in [0.25, 0.3) is 33.1 Å². The van der Waals surface area contributed by atoms with E-state index in [1.54, 1.807) is 0 Å². The van der Waals surface area contributed by atoms with E-state index in [9.17, 15) is 0 Å². The van der Waals surface area contributed by atoms with Gasteiger partial charge in [-0.05, 0) is 123 Å². The normalized spacial score (nSPS) is 13.6. The second kappa shape index (κ2) is 12.3. The minimum absolute atomic E-state index is 0.0712. The standard InChI is InChI=1S/C52H47BN2O/c1-32-16-26-42-44(28-32)54(37-22-18-34(19-23-37)39-13-11-14-41-40-12-9-10-15-48(40)56-50(39)41)46-30-36(52(6,7)8)31-47-49(46)53(42)43-27-17-33(2)29-45(43)55(47)38-24-20-35(21-25-38)51(3,4)5/h9-31H,1-8H3. The van der Waals surface area contributed by atoms with Crippen LogP contribution in [0, 0.1) is 13.8 Å². The predicted molar refractivity (Wildman–Crippen MR) is 240 cm³/mol. The van der Waals surface area contributed by atoms with Crippen LogP contribution in [-0.4, -0.2) is 6.71 Å². The highest BCUT2D eigenvalue weighted by Crippen LogP contribution is 2.47. The summed E-state index contributed by atoms with van der Waals surface area (Å²) < 4.78 is 6.47. The molecule has 0 amide bonds. The van der Waals surface area contributed by atoms with Crippen molar-refractivity contribution < 1.29 is 4.42 Å². The van der Waals surface area contributed by atoms with Crippen molar-refractivity contribution in [3.63, 3.8) is 0 Å². The number of aryl methyl sites for hydroxylation is 2. The van der Waals surface area contributed by atoms with Crippen molar-refractivity contribution in [3.05, 3.63) is 162 Å². The number of rotatable bonds is 3. The summed E-state index contributed by atoms with van der Waals surface area (Å²) in [5, 5.41) is 2.29. The van der Waals surface area contributed by atoms with E-state index in [1.165, 1.54) is 67.1 Å². The van der Waals surface area contributed by atoms with Gasteiger partial charge in [0.05, 0.1) is 0 Å². The van der Waals surface area contributed by atoms with Gasteiger partial charge in [0.2, 0.25) is 0 Å². The number of nitrogens with zero attached hydrogens (tertiary/aromatic N) is 2. The first-order chi connectivity index (χ1) is 26.8. The SMILES string of the molecule is Cc1ccc2c(c1)N(c1ccc(-c3cccc4c3oc3ccccc34)cc1)c1cc(C(C)(C)C)cc3c1B2c1ccc(C)cc1N3c1ccc(C(C)(C)C)cc1. The van der Waals surface area contributed by atoms with Gasteiger partial charge >= 0.3 is 0 Å². The van der Waals surface area contributed by atoms with E-state index in [4.69, 9.17) is 4.42 Å². The van der Waals surface area contributed by atoms with Gasteiger partial charge in [0.25, 0.3) is 6.71 Å². The Bertz CT molecular complexity index is 2850. The zero-order valence-corrected chi connectivity index (χ0v) is 33.7. The van der Waals surface area contributed by atoms with E-state index in [0.29, 0.717) is 0 Å². The minimum atomic E-state index is -0.0800. The van der Waals surface area contributed by atoms with Crippen molar-refractivity contribution in [2.75, 3.05) is 9.80 Å². The summed E-state index contributed by atoms with van der Waals surface area (Å²) in [6, 6.07) is 52.2. The maximum atomic E-state index is 6.47. The first-order valence-electron chi connectivity index (χ1n) is 20.0. The van der Waals surface area contributed by atoms with E-state index in [0.717, 1.165) is 38.8 Å². The van der Waals surface area contributed by atoms with Gasteiger partial charge in [-0.3, -0.25) is 0 Å². The van der Waals surface area contributed by atoms with Crippen LogP contribution in [0.3, 0.4) is 0 Å². The maximum absolute atomic E-state index is 6.47. The highest BCUT2D eigenvalue weighted by molar-refractivity contribution is 7.00. The van der Waals surface area contributed by atoms with Crippen LogP contribution in [0.2, 0.25) is 0 Å². The lowest BCUT2D eigenvalue weighted by atomic mass is 9.33. The van der Waals surface area contributed by atoms with Crippen molar-refractivity contribution in [2.45, 2.75) is 66.2 Å². The summed E-state index contributed by atoms with van der Waals surface area (Å²) >= 11 is 0. The lowest BCUT2D eigenvalue weighted by Crippen LogP contribution is -2.61. The minimum Gasteiger partial charge on any atom is -0.455 e. The molecule has 1 aromatic heterocycles. The molecule has 2 aliphatic heterocycles. The van der Waals surface area contributed by atoms with Crippen molar-refractivity contribution in [3.8, 4) is 11.1 Å². The number of benzene rings is 7. The van der Waals surface area contributed by atoms with Crippen LogP contribution < -0.4 is 26.2 Å². The second-order valence-electron chi connectivity index (χ2n) is 18.0. The second-order valence-corrected chi connectivity index (χ2v) is 18.0. The lowest BCUT2D eigenvalue weighted by Gasteiger charge is -2.45. The maximum Gasteiger partial charge on any atom is 0.252 e. The Morgan fingerprint density at radius 3 is 1.59 bits per heavy atom. The first-order valence-corrected chi connectivity index (χ1v) is 20.0. The third kappa shape index (κ3) is 5.33. The average molecular weight is 727 g/mol. The number of para-hydroxylation sites is 2. The summed E-state index contributed by atoms with van der Waals surface area (Å²) in [5.74, 6) is 0. The van der Waals surface area contributed by atoms with Crippen LogP contribution in [0.1, 0.15) is 63.8 Å². The van der Waals surface area contributed by atoms with Gasteiger partial charge in [0.15, 0.2) is 0 Å². The van der Waals surface area contributed by atoms with E-state index in [1.807, 2.05) is 6.07 Å². The first kappa shape index (κ1) is 34.5. The molecular weight excluding hydrogens is 679 g/mol. The Hall–Kier alpha value is -6.00. The molecule has 56 heavy (non-hydrogen) atoms. The van der Waals surface area contributed by atoms with Crippen molar-refractivity contribution in [1.82, 2.24) is 0 Å². The number of hydrogen-bond acceptors (Lipinski definition) is 3. The molecule has 0 unspecified atom stereocenters. The smallest absolute Gasteiger partial charge is 0.252 e. The number of furan rings is 1. The summed E-state index contributed by atoms with van der Waals surface area (Å²) in [4.78, 5) is 5.06. The van der Waals surface area contributed by atoms with Gasteiger partial charge in [-0.2, -0.15) is 0 Å². The Morgan fingerprint density at radius 1 is 0.482 bits per heavy atom. The molecule has 0 aliphatic carbocycles. The third-order valence-electron chi connectivity index (χ3n) is 12.1. The Balaban J connectivity index is 1.21. The fourth-order valence-electron chi connectivity index (χ4n) is 9.07. The van der Waals surface area contributed by atoms with Crippen LogP contribution in [-0.2, 0) is 10.8 Å². The topological polar surface area (TPSA) is 19.6 Å². The van der Waals surface area contributed by atoms with Crippen LogP contribution in [0.15, 0.2) is 144 Å². The van der Waals surface area contributed by atoms with E-state index >= 15 is 0 Å². The molecule has 0 saturated heterocycles. The molecule has 274 valence electrons. The largest absolute Gasteiger partial charge is 0.455 e. The van der Waals surface area contributed by atoms with Crippen LogP contribution >= 0.6 is 0 Å². The summed E-state index contributed by atoms with van der Waals surface area (Å²) in [7, 11) is 0. The van der Waals surface area contributed by atoms with Gasteiger partial charge < -0.3 is 14.2 Å². The van der Waals surface area contributed by atoms with E-state index < -0.39 is 0 Å². The zero-order valence-electron chi connectivity index (χ0n) is 33.7. The Labute approximate surface area is 331 Å². The van der Waals surface area contributed by atoms with Crippen LogP contribution in [0.5, 0.6) is 0 Å². The number of fused-ring (bicyclic) bond motifs is 7. The molecule has 0 atom stereocenters. The van der Waals surface area contributed by atoms with Crippen molar-refractivity contribution >= 4 is 79.2 Å². The third-order valence-corrected chi connectivity index (χ3v) is 12.1. The fraction of sp³-hybridized carbons (Fsp3) is 0.192. The van der Waals surface area contributed by atoms with Crippen molar-refractivity contribution in [1.29, 1.82) is 0 Å². The van der Waals surface area contributed by atoms with E-state index in [2.05, 4.69) is 199 Å². The number of anilines is 6. The fourth-order valence-corrected chi connectivity index (χ4v) is 9.07.